The molecule has 1 heterocycles. The Morgan fingerprint density at radius 2 is 2.06 bits per heavy atom. The highest BCUT2D eigenvalue weighted by molar-refractivity contribution is 5.93. The van der Waals surface area contributed by atoms with Crippen molar-refractivity contribution < 1.29 is 4.79 Å². The summed E-state index contributed by atoms with van der Waals surface area (Å²) in [5.41, 5.74) is 7.00. The zero-order valence-electron chi connectivity index (χ0n) is 10.4. The van der Waals surface area contributed by atoms with Crippen molar-refractivity contribution in [1.82, 2.24) is 9.55 Å². The molecule has 1 aromatic carbocycles. The molecule has 0 aliphatic heterocycles. The van der Waals surface area contributed by atoms with Crippen LogP contribution in [0, 0.1) is 6.92 Å². The number of carbonyl (C=O) groups excluding carboxylic acids is 1. The van der Waals surface area contributed by atoms with Gasteiger partial charge in [-0.2, -0.15) is 0 Å². The van der Waals surface area contributed by atoms with Crippen LogP contribution in [0.2, 0.25) is 0 Å². The van der Waals surface area contributed by atoms with Gasteiger partial charge in [0.2, 0.25) is 5.91 Å². The molecule has 2 rings (SSSR count). The number of nitrogens with two attached hydrogens (primary N) is 1. The highest BCUT2D eigenvalue weighted by atomic mass is 16.2. The predicted molar refractivity (Wildman–Crippen MR) is 71.2 cm³/mol. The van der Waals surface area contributed by atoms with Gasteiger partial charge in [0, 0.05) is 23.8 Å². The monoisotopic (exact) mass is 244 g/mol. The maximum atomic E-state index is 12.1. The second kappa shape index (κ2) is 4.91. The molecule has 94 valence electrons. The van der Waals surface area contributed by atoms with Crippen molar-refractivity contribution in [2.45, 2.75) is 19.9 Å². The number of benzene rings is 1. The number of amides is 1. The molecule has 0 bridgehead atoms. The van der Waals surface area contributed by atoms with E-state index < -0.39 is 0 Å². The molecule has 1 unspecified atom stereocenters. The molecule has 1 aromatic heterocycles. The lowest BCUT2D eigenvalue weighted by Crippen LogP contribution is -2.24. The number of hydrogen-bond donors (Lipinski definition) is 2. The molecule has 0 aliphatic carbocycles. The highest BCUT2D eigenvalue weighted by Gasteiger charge is 2.16. The Hall–Kier alpha value is -2.30. The number of carbonyl (C=O) groups is 1. The molecular weight excluding hydrogens is 228 g/mol. The quantitative estimate of drug-likeness (QED) is 0.811. The molecular formula is C13H16N4O. The number of nitrogens with zero attached hydrogens (tertiary/aromatic N) is 2. The molecule has 1 amide bonds. The predicted octanol–water partition coefficient (Wildman–Crippen LogP) is 1.97. The van der Waals surface area contributed by atoms with Crippen molar-refractivity contribution in [3.63, 3.8) is 0 Å². The lowest BCUT2D eigenvalue weighted by atomic mass is 10.2. The van der Waals surface area contributed by atoms with E-state index in [9.17, 15) is 4.79 Å². The summed E-state index contributed by atoms with van der Waals surface area (Å²) < 4.78 is 1.83. The average Bonchev–Trinajstić information content (AvgIpc) is 2.77. The van der Waals surface area contributed by atoms with Crippen LogP contribution < -0.4 is 11.1 Å². The van der Waals surface area contributed by atoms with Crippen LogP contribution in [0.4, 0.5) is 11.4 Å². The molecule has 0 fully saturated rings. The average molecular weight is 244 g/mol. The van der Waals surface area contributed by atoms with E-state index in [1.165, 1.54) is 0 Å². The third kappa shape index (κ3) is 2.51. The van der Waals surface area contributed by atoms with Crippen LogP contribution in [0.15, 0.2) is 36.7 Å². The van der Waals surface area contributed by atoms with E-state index in [0.29, 0.717) is 5.69 Å². The first-order valence-corrected chi connectivity index (χ1v) is 5.74. The van der Waals surface area contributed by atoms with Crippen molar-refractivity contribution in [1.29, 1.82) is 0 Å². The minimum absolute atomic E-state index is 0.0825. The lowest BCUT2D eigenvalue weighted by molar-refractivity contribution is -0.118. The molecule has 0 radical (unpaired) electrons. The highest BCUT2D eigenvalue weighted by Crippen LogP contribution is 2.14. The van der Waals surface area contributed by atoms with Crippen LogP contribution in [0.25, 0.3) is 0 Å². The molecule has 0 spiro atoms. The van der Waals surface area contributed by atoms with Gasteiger partial charge in [-0.15, -0.1) is 0 Å². The molecule has 2 aromatic rings. The Morgan fingerprint density at radius 1 is 1.39 bits per heavy atom. The Balaban J connectivity index is 2.08. The number of nitrogen functional groups attached to an aromatic ring is 1. The summed E-state index contributed by atoms with van der Waals surface area (Å²) in [5.74, 6) is 0.732. The van der Waals surface area contributed by atoms with Crippen LogP contribution >= 0.6 is 0 Å². The molecule has 0 saturated carbocycles. The minimum Gasteiger partial charge on any atom is -0.399 e. The zero-order valence-corrected chi connectivity index (χ0v) is 10.4. The fraction of sp³-hybridized carbons (Fsp3) is 0.231. The van der Waals surface area contributed by atoms with Crippen molar-refractivity contribution >= 4 is 17.3 Å². The van der Waals surface area contributed by atoms with Gasteiger partial charge in [0.1, 0.15) is 11.9 Å². The number of aryl methyl sites for hydroxylation is 1. The van der Waals surface area contributed by atoms with E-state index >= 15 is 0 Å². The van der Waals surface area contributed by atoms with Crippen molar-refractivity contribution in [3.8, 4) is 0 Å². The number of imidazole rings is 1. The summed E-state index contributed by atoms with van der Waals surface area (Å²) in [5, 5.41) is 2.84. The molecule has 3 N–H and O–H groups in total. The van der Waals surface area contributed by atoms with Crippen molar-refractivity contribution in [2.75, 3.05) is 11.1 Å². The molecule has 5 nitrogen and oxygen atoms in total. The van der Waals surface area contributed by atoms with E-state index in [0.717, 1.165) is 11.5 Å². The molecule has 0 saturated heterocycles. The number of aromatic nitrogens is 2. The maximum Gasteiger partial charge on any atom is 0.247 e. The zero-order chi connectivity index (χ0) is 13.1. The first-order valence-electron chi connectivity index (χ1n) is 5.74. The minimum atomic E-state index is -0.301. The van der Waals surface area contributed by atoms with Crippen LogP contribution in [0.3, 0.4) is 0 Å². The number of anilines is 2. The topological polar surface area (TPSA) is 72.9 Å². The third-order valence-electron chi connectivity index (χ3n) is 2.84. The fourth-order valence-electron chi connectivity index (χ4n) is 1.74. The number of rotatable bonds is 3. The maximum absolute atomic E-state index is 12.1. The van der Waals surface area contributed by atoms with E-state index in [1.807, 2.05) is 18.4 Å². The Labute approximate surface area is 106 Å². The summed E-state index contributed by atoms with van der Waals surface area (Å²) in [4.78, 5) is 16.2. The van der Waals surface area contributed by atoms with Gasteiger partial charge in [-0.05, 0) is 38.1 Å². The largest absolute Gasteiger partial charge is 0.399 e. The number of hydrogen-bond acceptors (Lipinski definition) is 3. The lowest BCUT2D eigenvalue weighted by Gasteiger charge is -2.15. The van der Waals surface area contributed by atoms with Gasteiger partial charge in [-0.3, -0.25) is 4.79 Å². The third-order valence-corrected chi connectivity index (χ3v) is 2.84. The van der Waals surface area contributed by atoms with E-state index in [4.69, 9.17) is 5.73 Å². The van der Waals surface area contributed by atoms with E-state index in [2.05, 4.69) is 10.3 Å². The SMILES string of the molecule is Cc1nccn1C(C)C(=O)Nc1ccc(N)cc1. The van der Waals surface area contributed by atoms with Gasteiger partial charge in [0.05, 0.1) is 0 Å². The Kier molecular flexibility index (Phi) is 3.32. The summed E-state index contributed by atoms with van der Waals surface area (Å²) in [6, 6.07) is 6.76. The normalized spacial score (nSPS) is 12.1. The van der Waals surface area contributed by atoms with Gasteiger partial charge in [0.25, 0.3) is 0 Å². The first-order chi connectivity index (χ1) is 8.58. The molecule has 1 atom stereocenters. The molecule has 18 heavy (non-hydrogen) atoms. The Morgan fingerprint density at radius 3 is 2.61 bits per heavy atom. The van der Waals surface area contributed by atoms with E-state index in [-0.39, 0.29) is 11.9 Å². The van der Waals surface area contributed by atoms with Gasteiger partial charge in [0.15, 0.2) is 0 Å². The standard InChI is InChI=1S/C13H16N4O/c1-9(17-8-7-15-10(17)2)13(18)16-12-5-3-11(14)4-6-12/h3-9H,14H2,1-2H3,(H,16,18). The van der Waals surface area contributed by atoms with Crippen LogP contribution in [0.5, 0.6) is 0 Å². The van der Waals surface area contributed by atoms with Crippen LogP contribution in [-0.2, 0) is 4.79 Å². The number of nitrogens with one attached hydrogen (secondary N) is 1. The first kappa shape index (κ1) is 12.2. The van der Waals surface area contributed by atoms with Crippen LogP contribution in [-0.4, -0.2) is 15.5 Å². The Bertz CT molecular complexity index is 544. The molecule has 0 aliphatic rings. The van der Waals surface area contributed by atoms with Crippen LogP contribution in [0.1, 0.15) is 18.8 Å². The van der Waals surface area contributed by atoms with Gasteiger partial charge < -0.3 is 15.6 Å². The smallest absolute Gasteiger partial charge is 0.247 e. The summed E-state index contributed by atoms with van der Waals surface area (Å²) in [7, 11) is 0. The van der Waals surface area contributed by atoms with E-state index in [1.54, 1.807) is 36.7 Å². The van der Waals surface area contributed by atoms with Crippen molar-refractivity contribution in [2.24, 2.45) is 0 Å². The van der Waals surface area contributed by atoms with Crippen molar-refractivity contribution in [3.05, 3.63) is 42.5 Å². The summed E-state index contributed by atoms with van der Waals surface area (Å²) in [6.07, 6.45) is 3.48. The second-order valence-electron chi connectivity index (χ2n) is 4.17. The summed E-state index contributed by atoms with van der Waals surface area (Å²) in [6.45, 7) is 3.70. The second-order valence-corrected chi connectivity index (χ2v) is 4.17. The van der Waals surface area contributed by atoms with Gasteiger partial charge >= 0.3 is 0 Å². The summed E-state index contributed by atoms with van der Waals surface area (Å²) >= 11 is 0. The fourth-order valence-corrected chi connectivity index (χ4v) is 1.74. The molecule has 5 heteroatoms. The van der Waals surface area contributed by atoms with Gasteiger partial charge in [-0.25, -0.2) is 4.98 Å². The van der Waals surface area contributed by atoms with Gasteiger partial charge in [-0.1, -0.05) is 0 Å².